The number of hydrogen-bond acceptors (Lipinski definition) is 6. The standard InChI is InChI=1S/C12H18N4S2/c1-5-8(4)14-12-16-15-11(18-12)10-9(7(2)3)13-6-17-10/h6-8H,5H2,1-4H3,(H,14,16). The van der Waals surface area contributed by atoms with Crippen molar-refractivity contribution < 1.29 is 0 Å². The van der Waals surface area contributed by atoms with Crippen molar-refractivity contribution in [3.8, 4) is 9.88 Å². The summed E-state index contributed by atoms with van der Waals surface area (Å²) in [6.45, 7) is 8.60. The summed E-state index contributed by atoms with van der Waals surface area (Å²) in [5.74, 6) is 0.418. The van der Waals surface area contributed by atoms with Crippen LogP contribution in [0.1, 0.15) is 45.7 Å². The molecule has 0 fully saturated rings. The van der Waals surface area contributed by atoms with Gasteiger partial charge in [0.2, 0.25) is 5.13 Å². The molecule has 2 heterocycles. The SMILES string of the molecule is CCC(C)Nc1nnc(-c2scnc2C(C)C)s1. The Morgan fingerprint density at radius 2 is 2.06 bits per heavy atom. The first-order valence-corrected chi connectivity index (χ1v) is 7.85. The normalized spacial score (nSPS) is 12.9. The van der Waals surface area contributed by atoms with Crippen LogP contribution in [0.25, 0.3) is 9.88 Å². The van der Waals surface area contributed by atoms with Crippen LogP contribution in [0.5, 0.6) is 0 Å². The van der Waals surface area contributed by atoms with Crippen LogP contribution in [0, 0.1) is 0 Å². The third kappa shape index (κ3) is 2.87. The largest absolute Gasteiger partial charge is 0.358 e. The van der Waals surface area contributed by atoms with Gasteiger partial charge in [-0.2, -0.15) is 0 Å². The van der Waals surface area contributed by atoms with Crippen LogP contribution >= 0.6 is 22.7 Å². The van der Waals surface area contributed by atoms with Crippen LogP contribution in [0.4, 0.5) is 5.13 Å². The summed E-state index contributed by atoms with van der Waals surface area (Å²) in [6, 6.07) is 0.428. The zero-order valence-electron chi connectivity index (χ0n) is 11.1. The van der Waals surface area contributed by atoms with E-state index < -0.39 is 0 Å². The smallest absolute Gasteiger partial charge is 0.206 e. The molecular formula is C12H18N4S2. The Balaban J connectivity index is 2.21. The Kier molecular flexibility index (Phi) is 4.29. The van der Waals surface area contributed by atoms with E-state index in [4.69, 9.17) is 0 Å². The van der Waals surface area contributed by atoms with Crippen LogP contribution in [0.2, 0.25) is 0 Å². The van der Waals surface area contributed by atoms with E-state index in [1.165, 1.54) is 0 Å². The Morgan fingerprint density at radius 3 is 2.72 bits per heavy atom. The van der Waals surface area contributed by atoms with Gasteiger partial charge in [0.25, 0.3) is 0 Å². The van der Waals surface area contributed by atoms with Gasteiger partial charge in [0.15, 0.2) is 5.01 Å². The highest BCUT2D eigenvalue weighted by Crippen LogP contribution is 2.35. The van der Waals surface area contributed by atoms with Gasteiger partial charge < -0.3 is 5.32 Å². The van der Waals surface area contributed by atoms with Gasteiger partial charge in [-0.3, -0.25) is 0 Å². The van der Waals surface area contributed by atoms with Crippen LogP contribution in [-0.2, 0) is 0 Å². The minimum Gasteiger partial charge on any atom is -0.358 e. The molecule has 0 saturated carbocycles. The fraction of sp³-hybridized carbons (Fsp3) is 0.583. The first kappa shape index (κ1) is 13.4. The molecule has 2 aromatic heterocycles. The average molecular weight is 282 g/mol. The summed E-state index contributed by atoms with van der Waals surface area (Å²) >= 11 is 3.24. The second kappa shape index (κ2) is 5.75. The second-order valence-corrected chi connectivity index (χ2v) is 6.42. The van der Waals surface area contributed by atoms with Crippen molar-refractivity contribution in [1.82, 2.24) is 15.2 Å². The number of rotatable bonds is 5. The monoisotopic (exact) mass is 282 g/mol. The van der Waals surface area contributed by atoms with E-state index in [1.54, 1.807) is 22.7 Å². The van der Waals surface area contributed by atoms with Gasteiger partial charge >= 0.3 is 0 Å². The predicted octanol–water partition coefficient (Wildman–Crippen LogP) is 4.00. The quantitative estimate of drug-likeness (QED) is 0.900. The van der Waals surface area contributed by atoms with Crippen LogP contribution < -0.4 is 5.32 Å². The van der Waals surface area contributed by atoms with E-state index in [2.05, 4.69) is 48.2 Å². The Bertz CT molecular complexity index is 504. The Hall–Kier alpha value is -1.01. The van der Waals surface area contributed by atoms with Gasteiger partial charge in [0, 0.05) is 6.04 Å². The fourth-order valence-corrected chi connectivity index (χ4v) is 3.41. The first-order valence-electron chi connectivity index (χ1n) is 6.15. The van der Waals surface area contributed by atoms with Gasteiger partial charge in [-0.15, -0.1) is 21.5 Å². The summed E-state index contributed by atoms with van der Waals surface area (Å²) < 4.78 is 0. The molecule has 18 heavy (non-hydrogen) atoms. The third-order valence-electron chi connectivity index (χ3n) is 2.74. The van der Waals surface area contributed by atoms with Crippen molar-refractivity contribution in [3.05, 3.63) is 11.2 Å². The molecule has 0 saturated heterocycles. The second-order valence-electron chi connectivity index (χ2n) is 4.59. The number of thiazole rings is 1. The zero-order valence-corrected chi connectivity index (χ0v) is 12.7. The highest BCUT2D eigenvalue weighted by Gasteiger charge is 2.16. The molecule has 0 bridgehead atoms. The van der Waals surface area contributed by atoms with Crippen molar-refractivity contribution in [3.63, 3.8) is 0 Å². The summed E-state index contributed by atoms with van der Waals surface area (Å²) in [4.78, 5) is 5.57. The maximum absolute atomic E-state index is 4.42. The first-order chi connectivity index (χ1) is 8.61. The van der Waals surface area contributed by atoms with E-state index in [0.717, 1.165) is 27.1 Å². The molecule has 0 radical (unpaired) electrons. The molecule has 0 spiro atoms. The summed E-state index contributed by atoms with van der Waals surface area (Å²) in [5.41, 5.74) is 3.00. The zero-order chi connectivity index (χ0) is 13.1. The molecule has 1 atom stereocenters. The highest BCUT2D eigenvalue weighted by molar-refractivity contribution is 7.22. The van der Waals surface area contributed by atoms with Gasteiger partial charge in [0.1, 0.15) is 0 Å². The lowest BCUT2D eigenvalue weighted by Gasteiger charge is -2.07. The van der Waals surface area contributed by atoms with Crippen LogP contribution in [0.15, 0.2) is 5.51 Å². The number of hydrogen-bond donors (Lipinski definition) is 1. The third-order valence-corrected chi connectivity index (χ3v) is 4.59. The molecule has 0 aliphatic heterocycles. The maximum Gasteiger partial charge on any atom is 0.206 e. The lowest BCUT2D eigenvalue weighted by atomic mass is 10.1. The average Bonchev–Trinajstić information content (AvgIpc) is 2.95. The van der Waals surface area contributed by atoms with E-state index in [0.29, 0.717) is 12.0 Å². The Morgan fingerprint density at radius 1 is 1.28 bits per heavy atom. The Labute approximate surface area is 116 Å². The minimum absolute atomic E-state index is 0.418. The molecular weight excluding hydrogens is 264 g/mol. The molecule has 98 valence electrons. The lowest BCUT2D eigenvalue weighted by Crippen LogP contribution is -2.12. The molecule has 4 nitrogen and oxygen atoms in total. The highest BCUT2D eigenvalue weighted by atomic mass is 32.1. The number of nitrogens with zero attached hydrogens (tertiary/aromatic N) is 3. The van der Waals surface area contributed by atoms with Gasteiger partial charge in [0.05, 0.1) is 16.1 Å². The molecule has 0 aromatic carbocycles. The van der Waals surface area contributed by atoms with Crippen molar-refractivity contribution in [2.45, 2.75) is 46.1 Å². The van der Waals surface area contributed by atoms with Crippen LogP contribution in [0.3, 0.4) is 0 Å². The van der Waals surface area contributed by atoms with Crippen LogP contribution in [-0.4, -0.2) is 21.2 Å². The van der Waals surface area contributed by atoms with Crippen molar-refractivity contribution >= 4 is 27.8 Å². The van der Waals surface area contributed by atoms with Crippen molar-refractivity contribution in [1.29, 1.82) is 0 Å². The molecule has 1 N–H and O–H groups in total. The number of nitrogens with one attached hydrogen (secondary N) is 1. The molecule has 0 amide bonds. The summed E-state index contributed by atoms with van der Waals surface area (Å²) in [6.07, 6.45) is 1.08. The predicted molar refractivity (Wildman–Crippen MR) is 78.5 cm³/mol. The van der Waals surface area contributed by atoms with Crippen molar-refractivity contribution in [2.24, 2.45) is 0 Å². The van der Waals surface area contributed by atoms with Gasteiger partial charge in [-0.25, -0.2) is 4.98 Å². The minimum atomic E-state index is 0.418. The number of aromatic nitrogens is 3. The lowest BCUT2D eigenvalue weighted by molar-refractivity contribution is 0.760. The molecule has 2 aromatic rings. The molecule has 0 aliphatic carbocycles. The molecule has 2 rings (SSSR count). The maximum atomic E-state index is 4.42. The summed E-state index contributed by atoms with van der Waals surface area (Å²) in [7, 11) is 0. The topological polar surface area (TPSA) is 50.7 Å². The van der Waals surface area contributed by atoms with E-state index in [9.17, 15) is 0 Å². The van der Waals surface area contributed by atoms with Gasteiger partial charge in [-0.1, -0.05) is 32.1 Å². The van der Waals surface area contributed by atoms with E-state index >= 15 is 0 Å². The van der Waals surface area contributed by atoms with E-state index in [-0.39, 0.29) is 0 Å². The van der Waals surface area contributed by atoms with Crippen molar-refractivity contribution in [2.75, 3.05) is 5.32 Å². The van der Waals surface area contributed by atoms with E-state index in [1.807, 2.05) is 5.51 Å². The van der Waals surface area contributed by atoms with Gasteiger partial charge in [-0.05, 0) is 19.3 Å². The summed E-state index contributed by atoms with van der Waals surface area (Å²) in [5, 5.41) is 13.7. The fourth-order valence-electron chi connectivity index (χ4n) is 1.51. The molecule has 1 unspecified atom stereocenters. The molecule has 6 heteroatoms. The number of anilines is 1. The molecule has 0 aliphatic rings.